The van der Waals surface area contributed by atoms with E-state index in [1.54, 1.807) is 0 Å². The number of rotatable bonds is 2. The van der Waals surface area contributed by atoms with Crippen LogP contribution >= 0.6 is 0 Å². The smallest absolute Gasteiger partial charge is 0.123 e. The fraction of sp³-hybridized carbons (Fsp3) is 0. The Bertz CT molecular complexity index is 2550. The number of anilines is 3. The van der Waals surface area contributed by atoms with Crippen LogP contribution < -0.4 is 4.90 Å². The molecule has 9 aromatic rings. The van der Waals surface area contributed by atoms with E-state index in [4.69, 9.17) is 0 Å². The van der Waals surface area contributed by atoms with Gasteiger partial charge in [0.25, 0.3) is 0 Å². The molecule has 3 heterocycles. The zero-order chi connectivity index (χ0) is 29.5. The standard InChI is InChI=1S/C42H27N3/c1-3-13-32-28(11-1)21-26-40-42(32)35-16-6-10-20-39(35)45-36-17-7-2-12-29(36)27-41(45)44(40)31-24-22-30(23-25-31)43-37-18-8-4-14-33(37)34-15-5-9-19-38(34)43/h1-27H. The summed E-state index contributed by atoms with van der Waals surface area (Å²) in [6.45, 7) is 0. The van der Waals surface area contributed by atoms with E-state index in [0.717, 1.165) is 17.2 Å². The molecule has 0 saturated heterocycles. The highest BCUT2D eigenvalue weighted by Gasteiger charge is 2.29. The van der Waals surface area contributed by atoms with Crippen molar-refractivity contribution in [2.24, 2.45) is 0 Å². The van der Waals surface area contributed by atoms with Gasteiger partial charge in [-0.3, -0.25) is 9.47 Å². The summed E-state index contributed by atoms with van der Waals surface area (Å²) in [6.07, 6.45) is 0. The van der Waals surface area contributed by atoms with Gasteiger partial charge in [0.05, 0.1) is 27.9 Å². The lowest BCUT2D eigenvalue weighted by Gasteiger charge is -2.27. The first-order valence-electron chi connectivity index (χ1n) is 15.5. The molecule has 45 heavy (non-hydrogen) atoms. The molecule has 210 valence electrons. The summed E-state index contributed by atoms with van der Waals surface area (Å²) in [6, 6.07) is 59.6. The van der Waals surface area contributed by atoms with Crippen molar-refractivity contribution in [1.29, 1.82) is 0 Å². The summed E-state index contributed by atoms with van der Waals surface area (Å²) in [7, 11) is 0. The van der Waals surface area contributed by atoms with Crippen LogP contribution in [0.25, 0.3) is 66.0 Å². The molecule has 0 saturated carbocycles. The predicted octanol–water partition coefficient (Wildman–Crippen LogP) is 11.3. The molecule has 10 rings (SSSR count). The van der Waals surface area contributed by atoms with Gasteiger partial charge < -0.3 is 4.57 Å². The fourth-order valence-electron chi connectivity index (χ4n) is 7.51. The minimum Gasteiger partial charge on any atom is -0.309 e. The van der Waals surface area contributed by atoms with E-state index in [2.05, 4.69) is 178 Å². The van der Waals surface area contributed by atoms with Gasteiger partial charge in [0, 0.05) is 38.7 Å². The summed E-state index contributed by atoms with van der Waals surface area (Å²) in [4.78, 5) is 2.44. The van der Waals surface area contributed by atoms with Gasteiger partial charge in [0.1, 0.15) is 5.82 Å². The monoisotopic (exact) mass is 573 g/mol. The molecule has 0 unspecified atom stereocenters. The van der Waals surface area contributed by atoms with Crippen molar-refractivity contribution in [3.05, 3.63) is 164 Å². The second-order valence-corrected chi connectivity index (χ2v) is 11.8. The average molecular weight is 574 g/mol. The number of hydrogen-bond donors (Lipinski definition) is 0. The molecule has 0 aliphatic carbocycles. The molecule has 0 bridgehead atoms. The van der Waals surface area contributed by atoms with Gasteiger partial charge in [-0.25, -0.2) is 0 Å². The third-order valence-electron chi connectivity index (χ3n) is 9.43. The highest BCUT2D eigenvalue weighted by atomic mass is 15.3. The van der Waals surface area contributed by atoms with Gasteiger partial charge in [0.2, 0.25) is 0 Å². The molecule has 1 aliphatic heterocycles. The van der Waals surface area contributed by atoms with Crippen LogP contribution in [0.2, 0.25) is 0 Å². The molecule has 2 aromatic heterocycles. The van der Waals surface area contributed by atoms with E-state index in [9.17, 15) is 0 Å². The summed E-state index contributed by atoms with van der Waals surface area (Å²) < 4.78 is 4.81. The first kappa shape index (κ1) is 24.4. The Kier molecular flexibility index (Phi) is 5.00. The molecule has 1 aliphatic rings. The summed E-state index contributed by atoms with van der Waals surface area (Å²) in [5, 5.41) is 6.26. The Morgan fingerprint density at radius 2 is 0.933 bits per heavy atom. The van der Waals surface area contributed by atoms with E-state index < -0.39 is 0 Å². The number of benzene rings is 7. The highest BCUT2D eigenvalue weighted by molar-refractivity contribution is 6.10. The lowest BCUT2D eigenvalue weighted by molar-refractivity contribution is 1.09. The molecular weight excluding hydrogens is 546 g/mol. The van der Waals surface area contributed by atoms with Gasteiger partial charge >= 0.3 is 0 Å². The normalized spacial score (nSPS) is 12.4. The van der Waals surface area contributed by atoms with Gasteiger partial charge in [0.15, 0.2) is 0 Å². The topological polar surface area (TPSA) is 13.1 Å². The van der Waals surface area contributed by atoms with E-state index in [0.29, 0.717) is 0 Å². The Labute approximate surface area is 260 Å². The van der Waals surface area contributed by atoms with Crippen molar-refractivity contribution in [1.82, 2.24) is 9.13 Å². The highest BCUT2D eigenvalue weighted by Crippen LogP contribution is 2.51. The molecule has 0 radical (unpaired) electrons. The molecule has 0 atom stereocenters. The number of para-hydroxylation sites is 4. The summed E-state index contributed by atoms with van der Waals surface area (Å²) in [5.41, 5.74) is 10.7. The minimum absolute atomic E-state index is 1.12. The third-order valence-corrected chi connectivity index (χ3v) is 9.43. The van der Waals surface area contributed by atoms with Crippen molar-refractivity contribution in [3.63, 3.8) is 0 Å². The second-order valence-electron chi connectivity index (χ2n) is 11.8. The molecule has 7 aromatic carbocycles. The Balaban J connectivity index is 1.26. The van der Waals surface area contributed by atoms with E-state index in [1.165, 1.54) is 66.0 Å². The number of hydrogen-bond acceptors (Lipinski definition) is 1. The fourth-order valence-corrected chi connectivity index (χ4v) is 7.51. The maximum Gasteiger partial charge on any atom is 0.123 e. The van der Waals surface area contributed by atoms with Crippen molar-refractivity contribution < 1.29 is 0 Å². The van der Waals surface area contributed by atoms with Crippen LogP contribution in [0, 0.1) is 0 Å². The van der Waals surface area contributed by atoms with Crippen LogP contribution in [0.1, 0.15) is 0 Å². The zero-order valence-electron chi connectivity index (χ0n) is 24.4. The van der Waals surface area contributed by atoms with Crippen LogP contribution in [-0.4, -0.2) is 9.13 Å². The molecule has 0 fully saturated rings. The quantitative estimate of drug-likeness (QED) is 0.200. The lowest BCUT2D eigenvalue weighted by Crippen LogP contribution is -2.13. The van der Waals surface area contributed by atoms with Crippen LogP contribution in [0.5, 0.6) is 0 Å². The van der Waals surface area contributed by atoms with E-state index >= 15 is 0 Å². The van der Waals surface area contributed by atoms with Gasteiger partial charge in [-0.1, -0.05) is 103 Å². The number of fused-ring (bicyclic) bond motifs is 12. The van der Waals surface area contributed by atoms with Gasteiger partial charge in [-0.05, 0) is 71.4 Å². The largest absolute Gasteiger partial charge is 0.309 e. The number of nitrogens with zero attached hydrogens (tertiary/aromatic N) is 3. The molecule has 0 N–H and O–H groups in total. The first-order chi connectivity index (χ1) is 22.3. The molecule has 0 amide bonds. The van der Waals surface area contributed by atoms with E-state index in [-0.39, 0.29) is 0 Å². The predicted molar refractivity (Wildman–Crippen MR) is 189 cm³/mol. The Morgan fingerprint density at radius 3 is 1.69 bits per heavy atom. The molecule has 0 spiro atoms. The Morgan fingerprint density at radius 1 is 0.356 bits per heavy atom. The third kappa shape index (κ3) is 3.41. The maximum absolute atomic E-state index is 2.44. The van der Waals surface area contributed by atoms with Crippen molar-refractivity contribution >= 4 is 60.7 Å². The van der Waals surface area contributed by atoms with Crippen LogP contribution in [0.3, 0.4) is 0 Å². The molecule has 3 heteroatoms. The Hall–Kier alpha value is -6.06. The summed E-state index contributed by atoms with van der Waals surface area (Å²) in [5.74, 6) is 1.13. The maximum atomic E-state index is 2.44. The van der Waals surface area contributed by atoms with Crippen LogP contribution in [0.4, 0.5) is 17.2 Å². The molecular formula is C42H27N3. The second kappa shape index (κ2) is 9.22. The minimum atomic E-state index is 1.12. The SMILES string of the molecule is c1ccc2c(c1)-c1c(ccc3ccccc13)N(c1ccc(-n3c4ccccc4c4ccccc43)cc1)c1cc3ccccc3n1-2. The number of aromatic nitrogens is 2. The van der Waals surface area contributed by atoms with E-state index in [1.807, 2.05) is 0 Å². The first-order valence-corrected chi connectivity index (χ1v) is 15.5. The van der Waals surface area contributed by atoms with Crippen LogP contribution in [-0.2, 0) is 0 Å². The van der Waals surface area contributed by atoms with Gasteiger partial charge in [-0.2, -0.15) is 0 Å². The van der Waals surface area contributed by atoms with Crippen LogP contribution in [0.15, 0.2) is 164 Å². The van der Waals surface area contributed by atoms with Crippen molar-refractivity contribution in [3.8, 4) is 22.5 Å². The summed E-state index contributed by atoms with van der Waals surface area (Å²) >= 11 is 0. The zero-order valence-corrected chi connectivity index (χ0v) is 24.4. The van der Waals surface area contributed by atoms with Gasteiger partial charge in [-0.15, -0.1) is 0 Å². The molecule has 3 nitrogen and oxygen atoms in total. The van der Waals surface area contributed by atoms with Crippen molar-refractivity contribution in [2.75, 3.05) is 4.90 Å². The lowest BCUT2D eigenvalue weighted by atomic mass is 9.94. The average Bonchev–Trinajstić information content (AvgIpc) is 3.61. The van der Waals surface area contributed by atoms with Crippen molar-refractivity contribution in [2.45, 2.75) is 0 Å².